The minimum absolute atomic E-state index is 0.0766. The van der Waals surface area contributed by atoms with Crippen molar-refractivity contribution < 1.29 is 51.6 Å². The normalized spacial score (nSPS) is 11.1. The van der Waals surface area contributed by atoms with Crippen LogP contribution in [0.1, 0.15) is 27.3 Å². The van der Waals surface area contributed by atoms with Crippen molar-refractivity contribution >= 4 is 17.6 Å². The van der Waals surface area contributed by atoms with Crippen LogP contribution in [-0.2, 0) is 18.0 Å². The molecule has 0 unspecified atom stereocenters. The Morgan fingerprint density at radius 3 is 2.19 bits per heavy atom. The summed E-state index contributed by atoms with van der Waals surface area (Å²) in [6.45, 7) is 0.753. The summed E-state index contributed by atoms with van der Waals surface area (Å²) in [5, 5.41) is 25.8. The zero-order valence-corrected chi connectivity index (χ0v) is 16.2. The fraction of sp³-hybridized carbons (Fsp3) is 0.211. The summed E-state index contributed by atoms with van der Waals surface area (Å²) in [5.41, 5.74) is 0.480. The first-order chi connectivity index (χ1) is 14.9. The van der Waals surface area contributed by atoms with E-state index in [1.54, 1.807) is 0 Å². The highest BCUT2D eigenvalue weighted by atomic mass is 19.4. The van der Waals surface area contributed by atoms with Crippen LogP contribution in [0.2, 0.25) is 0 Å². The molecule has 0 saturated heterocycles. The van der Waals surface area contributed by atoms with Crippen molar-refractivity contribution in [3.63, 3.8) is 0 Å². The molecule has 0 amide bonds. The van der Waals surface area contributed by atoms with E-state index < -0.39 is 36.4 Å². The average molecular weight is 462 g/mol. The van der Waals surface area contributed by atoms with Gasteiger partial charge in [-0.2, -0.15) is 13.2 Å². The molecular weight excluding hydrogens is 447 g/mol. The molecule has 0 aliphatic heterocycles. The third-order valence-corrected chi connectivity index (χ3v) is 3.98. The Hall–Kier alpha value is -3.74. The molecule has 2 heterocycles. The van der Waals surface area contributed by atoms with Crippen LogP contribution in [0, 0.1) is 18.6 Å². The van der Waals surface area contributed by atoms with E-state index >= 15 is 0 Å². The van der Waals surface area contributed by atoms with Gasteiger partial charge < -0.3 is 20.1 Å². The fourth-order valence-electron chi connectivity index (χ4n) is 2.55. The highest BCUT2D eigenvalue weighted by molar-refractivity contribution is 5.88. The number of carboxylic acid groups (broad SMARTS) is 2. The van der Waals surface area contributed by atoms with Gasteiger partial charge in [-0.05, 0) is 30.7 Å². The number of aliphatic hydroxyl groups is 1. The number of fused-ring (bicyclic) bond motifs is 1. The van der Waals surface area contributed by atoms with E-state index in [0.29, 0.717) is 5.56 Å². The Labute approximate surface area is 176 Å². The van der Waals surface area contributed by atoms with Crippen LogP contribution in [-0.4, -0.2) is 42.8 Å². The van der Waals surface area contributed by atoms with Crippen molar-refractivity contribution in [1.29, 1.82) is 0 Å². The van der Waals surface area contributed by atoms with E-state index in [1.807, 2.05) is 0 Å². The second-order valence-corrected chi connectivity index (χ2v) is 6.21. The fourth-order valence-corrected chi connectivity index (χ4v) is 2.55. The van der Waals surface area contributed by atoms with Crippen LogP contribution in [0.5, 0.6) is 5.75 Å². The molecule has 2 aromatic heterocycles. The molecule has 0 saturated carbocycles. The van der Waals surface area contributed by atoms with Crippen LogP contribution in [0.15, 0.2) is 30.5 Å². The van der Waals surface area contributed by atoms with Crippen molar-refractivity contribution in [2.45, 2.75) is 26.3 Å². The summed E-state index contributed by atoms with van der Waals surface area (Å²) in [5.74, 6) is -5.33. The van der Waals surface area contributed by atoms with Gasteiger partial charge in [-0.3, -0.25) is 4.40 Å². The molecular formula is C19H15F5N2O6. The molecule has 0 aliphatic carbocycles. The van der Waals surface area contributed by atoms with Crippen molar-refractivity contribution in [2.24, 2.45) is 0 Å². The number of carboxylic acids is 2. The number of aryl methyl sites for hydroxylation is 1. The number of aromatic carboxylic acids is 1. The van der Waals surface area contributed by atoms with Gasteiger partial charge in [0.1, 0.15) is 18.2 Å². The number of hydrogen-bond donors (Lipinski definition) is 3. The summed E-state index contributed by atoms with van der Waals surface area (Å²) in [6.07, 6.45) is -3.66. The maximum Gasteiger partial charge on any atom is 0.490 e. The van der Waals surface area contributed by atoms with Gasteiger partial charge in [-0.1, -0.05) is 6.07 Å². The van der Waals surface area contributed by atoms with Gasteiger partial charge in [0.05, 0.1) is 17.9 Å². The molecule has 13 heteroatoms. The van der Waals surface area contributed by atoms with Crippen LogP contribution in [0.4, 0.5) is 22.0 Å². The van der Waals surface area contributed by atoms with Crippen LogP contribution in [0.3, 0.4) is 0 Å². The van der Waals surface area contributed by atoms with Crippen molar-refractivity contribution in [2.75, 3.05) is 0 Å². The standard InChI is InChI=1S/C17H14F2N2O4.C2HF3O2/c1-9-15(17(23)24)21-6-10(7-22)5-14(16(21)20-9)25-8-11-12(18)3-2-4-13(11)19;3-2(4,5)1(6)7/h2-6,22H,7-8H2,1H3,(H,23,24);(H,6,7). The molecule has 3 N–H and O–H groups in total. The summed E-state index contributed by atoms with van der Waals surface area (Å²) >= 11 is 0. The molecule has 32 heavy (non-hydrogen) atoms. The Kier molecular flexibility index (Phi) is 7.36. The Morgan fingerprint density at radius 2 is 1.72 bits per heavy atom. The molecule has 0 spiro atoms. The van der Waals surface area contributed by atoms with E-state index in [4.69, 9.17) is 14.6 Å². The minimum Gasteiger partial charge on any atom is -0.485 e. The number of ether oxygens (including phenoxy) is 1. The number of imidazole rings is 1. The zero-order valence-electron chi connectivity index (χ0n) is 16.2. The number of nitrogens with zero attached hydrogens (tertiary/aromatic N) is 2. The molecule has 0 bridgehead atoms. The van der Waals surface area contributed by atoms with Crippen molar-refractivity contribution in [1.82, 2.24) is 9.38 Å². The first-order valence-electron chi connectivity index (χ1n) is 8.58. The Morgan fingerprint density at radius 1 is 1.16 bits per heavy atom. The summed E-state index contributed by atoms with van der Waals surface area (Å²) in [4.78, 5) is 24.5. The van der Waals surface area contributed by atoms with E-state index in [1.165, 1.54) is 29.7 Å². The maximum absolute atomic E-state index is 13.7. The number of pyridine rings is 1. The van der Waals surface area contributed by atoms with Gasteiger partial charge in [0.2, 0.25) is 0 Å². The third kappa shape index (κ3) is 5.49. The lowest BCUT2D eigenvalue weighted by Gasteiger charge is -2.11. The molecule has 3 rings (SSSR count). The third-order valence-electron chi connectivity index (χ3n) is 3.98. The number of hydrogen-bond acceptors (Lipinski definition) is 5. The predicted octanol–water partition coefficient (Wildman–Crippen LogP) is 3.32. The van der Waals surface area contributed by atoms with Gasteiger partial charge >= 0.3 is 18.1 Å². The highest BCUT2D eigenvalue weighted by Gasteiger charge is 2.38. The smallest absolute Gasteiger partial charge is 0.485 e. The molecule has 0 aliphatic rings. The van der Waals surface area contributed by atoms with Crippen LogP contribution >= 0.6 is 0 Å². The van der Waals surface area contributed by atoms with E-state index in [0.717, 1.165) is 12.1 Å². The van der Waals surface area contributed by atoms with Gasteiger partial charge in [0.25, 0.3) is 0 Å². The number of aliphatic hydroxyl groups excluding tert-OH is 1. The lowest BCUT2D eigenvalue weighted by atomic mass is 10.2. The van der Waals surface area contributed by atoms with Gasteiger partial charge in [-0.15, -0.1) is 0 Å². The molecule has 0 atom stereocenters. The molecule has 172 valence electrons. The molecule has 3 aromatic rings. The van der Waals surface area contributed by atoms with Crippen molar-refractivity contribution in [3.8, 4) is 5.75 Å². The molecule has 0 fully saturated rings. The van der Waals surface area contributed by atoms with Crippen molar-refractivity contribution in [3.05, 3.63) is 64.6 Å². The molecule has 1 aromatic carbocycles. The molecule has 8 nitrogen and oxygen atoms in total. The Balaban J connectivity index is 0.000000451. The largest absolute Gasteiger partial charge is 0.490 e. The number of rotatable bonds is 5. The second-order valence-electron chi connectivity index (χ2n) is 6.21. The van der Waals surface area contributed by atoms with E-state index in [2.05, 4.69) is 4.98 Å². The summed E-state index contributed by atoms with van der Waals surface area (Å²) in [6, 6.07) is 4.93. The average Bonchev–Trinajstić information content (AvgIpc) is 3.03. The second kappa shape index (κ2) is 9.60. The van der Waals surface area contributed by atoms with E-state index in [-0.39, 0.29) is 35.0 Å². The quantitative estimate of drug-likeness (QED) is 0.498. The van der Waals surface area contributed by atoms with Gasteiger partial charge in [0, 0.05) is 6.20 Å². The maximum atomic E-state index is 13.7. The minimum atomic E-state index is -5.08. The van der Waals surface area contributed by atoms with E-state index in [9.17, 15) is 37.0 Å². The number of aromatic nitrogens is 2. The topological polar surface area (TPSA) is 121 Å². The summed E-state index contributed by atoms with van der Waals surface area (Å²) < 4.78 is 66.0. The number of carbonyl (C=O) groups is 2. The predicted molar refractivity (Wildman–Crippen MR) is 97.2 cm³/mol. The van der Waals surface area contributed by atoms with Crippen LogP contribution < -0.4 is 4.74 Å². The van der Waals surface area contributed by atoms with Crippen LogP contribution in [0.25, 0.3) is 5.65 Å². The monoisotopic (exact) mass is 462 g/mol. The van der Waals surface area contributed by atoms with Gasteiger partial charge in [-0.25, -0.2) is 23.4 Å². The summed E-state index contributed by atoms with van der Waals surface area (Å²) in [7, 11) is 0. The Bertz CT molecular complexity index is 1140. The highest BCUT2D eigenvalue weighted by Crippen LogP contribution is 2.26. The number of benzene rings is 1. The number of halogens is 5. The SMILES string of the molecule is Cc1nc2c(OCc3c(F)cccc3F)cc(CO)cn2c1C(=O)O.O=C(O)C(F)(F)F. The first kappa shape index (κ1) is 24.5. The lowest BCUT2D eigenvalue weighted by molar-refractivity contribution is -0.192. The van der Waals surface area contributed by atoms with Gasteiger partial charge in [0.15, 0.2) is 17.1 Å². The number of aliphatic carboxylic acids is 1. The first-order valence-corrected chi connectivity index (χ1v) is 8.58. The number of alkyl halides is 3. The zero-order chi connectivity index (χ0) is 24.2. The molecule has 0 radical (unpaired) electrons. The lowest BCUT2D eigenvalue weighted by Crippen LogP contribution is -2.21.